The van der Waals surface area contributed by atoms with Gasteiger partial charge in [0, 0.05) is 29.7 Å². The lowest BCUT2D eigenvalue weighted by atomic mass is 9.99. The molecule has 1 N–H and O–H groups in total. The molecule has 168 valence electrons. The molecular weight excluding hydrogens is 459 g/mol. The molecule has 1 unspecified atom stereocenters. The number of rotatable bonds is 8. The fourth-order valence-corrected chi connectivity index (χ4v) is 5.74. The van der Waals surface area contributed by atoms with E-state index in [0.717, 1.165) is 11.3 Å². The first kappa shape index (κ1) is 23.9. The average Bonchev–Trinajstić information content (AvgIpc) is 2.75. The zero-order valence-corrected chi connectivity index (χ0v) is 19.6. The summed E-state index contributed by atoms with van der Waals surface area (Å²) in [6.45, 7) is 3.47. The van der Waals surface area contributed by atoms with Crippen molar-refractivity contribution in [2.24, 2.45) is 5.92 Å². The van der Waals surface area contributed by atoms with Crippen LogP contribution in [0.25, 0.3) is 0 Å². The van der Waals surface area contributed by atoms with Crippen molar-refractivity contribution in [2.45, 2.75) is 32.1 Å². The second kappa shape index (κ2) is 10.7. The van der Waals surface area contributed by atoms with E-state index in [0.29, 0.717) is 48.1 Å². The van der Waals surface area contributed by atoms with E-state index >= 15 is 0 Å². The predicted molar refractivity (Wildman–Crippen MR) is 123 cm³/mol. The molecule has 31 heavy (non-hydrogen) atoms. The van der Waals surface area contributed by atoms with E-state index in [2.05, 4.69) is 5.32 Å². The third-order valence-corrected chi connectivity index (χ3v) is 7.58. The van der Waals surface area contributed by atoms with Gasteiger partial charge in [-0.15, -0.1) is 0 Å². The Labute approximate surface area is 193 Å². The van der Waals surface area contributed by atoms with Crippen molar-refractivity contribution in [3.05, 3.63) is 63.6 Å². The Kier molecular flexibility index (Phi) is 8.22. The molecular formula is C22H26Cl2N2O4S. The first-order valence-electron chi connectivity index (χ1n) is 10.2. The molecule has 1 saturated heterocycles. The third kappa shape index (κ3) is 6.59. The number of nitrogens with zero attached hydrogens (tertiary/aromatic N) is 1. The van der Waals surface area contributed by atoms with E-state index in [1.54, 1.807) is 12.1 Å². The van der Waals surface area contributed by atoms with Crippen LogP contribution >= 0.6 is 23.2 Å². The maximum Gasteiger partial charge on any atom is 0.224 e. The lowest BCUT2D eigenvalue weighted by Crippen LogP contribution is -2.45. The molecule has 2 aromatic rings. The molecule has 1 atom stereocenters. The van der Waals surface area contributed by atoms with Gasteiger partial charge in [0.05, 0.1) is 18.3 Å². The molecule has 0 saturated carbocycles. The molecule has 2 aromatic carbocycles. The molecule has 3 rings (SSSR count). The van der Waals surface area contributed by atoms with Gasteiger partial charge in [-0.3, -0.25) is 4.79 Å². The molecule has 0 radical (unpaired) electrons. The van der Waals surface area contributed by atoms with Gasteiger partial charge in [-0.2, -0.15) is 0 Å². The van der Waals surface area contributed by atoms with Crippen molar-refractivity contribution in [1.82, 2.24) is 9.62 Å². The Morgan fingerprint density at radius 2 is 1.94 bits per heavy atom. The molecule has 1 aliphatic rings. The van der Waals surface area contributed by atoms with Gasteiger partial charge in [0.15, 0.2) is 0 Å². The predicted octanol–water partition coefficient (Wildman–Crippen LogP) is 4.25. The smallest absolute Gasteiger partial charge is 0.224 e. The number of benzene rings is 2. The Bertz CT molecular complexity index is 1010. The summed E-state index contributed by atoms with van der Waals surface area (Å²) in [5, 5.41) is 3.69. The van der Waals surface area contributed by atoms with E-state index in [4.69, 9.17) is 27.9 Å². The molecule has 0 aliphatic carbocycles. The molecule has 0 aromatic heterocycles. The van der Waals surface area contributed by atoms with E-state index < -0.39 is 10.0 Å². The maximum atomic E-state index is 12.9. The maximum absolute atomic E-state index is 12.9. The summed E-state index contributed by atoms with van der Waals surface area (Å²) in [7, 11) is -3.60. The molecule has 1 heterocycles. The van der Waals surface area contributed by atoms with Crippen molar-refractivity contribution >= 4 is 39.1 Å². The van der Waals surface area contributed by atoms with Gasteiger partial charge in [-0.05, 0) is 55.2 Å². The lowest BCUT2D eigenvalue weighted by molar-refractivity contribution is -0.126. The molecule has 1 fully saturated rings. The van der Waals surface area contributed by atoms with Crippen LogP contribution in [0.1, 0.15) is 30.9 Å². The monoisotopic (exact) mass is 484 g/mol. The Hall–Kier alpha value is -1.80. The van der Waals surface area contributed by atoms with Crippen LogP contribution in [-0.4, -0.2) is 38.3 Å². The summed E-state index contributed by atoms with van der Waals surface area (Å²) in [5.41, 5.74) is 1.45. The topological polar surface area (TPSA) is 75.7 Å². The molecule has 0 spiro atoms. The minimum atomic E-state index is -3.60. The highest BCUT2D eigenvalue weighted by Crippen LogP contribution is 2.26. The third-order valence-electron chi connectivity index (χ3n) is 5.20. The summed E-state index contributed by atoms with van der Waals surface area (Å²) in [4.78, 5) is 12.7. The number of ether oxygens (including phenoxy) is 1. The normalized spacial score (nSPS) is 17.3. The summed E-state index contributed by atoms with van der Waals surface area (Å²) in [6, 6.07) is 12.3. The summed E-state index contributed by atoms with van der Waals surface area (Å²) in [6.07, 6.45) is 1.29. The van der Waals surface area contributed by atoms with E-state index in [-0.39, 0.29) is 24.1 Å². The van der Waals surface area contributed by atoms with Crippen LogP contribution in [-0.2, 0) is 27.1 Å². The van der Waals surface area contributed by atoms with Crippen molar-refractivity contribution in [3.8, 4) is 5.75 Å². The van der Waals surface area contributed by atoms with Crippen LogP contribution < -0.4 is 10.1 Å². The summed E-state index contributed by atoms with van der Waals surface area (Å²) in [5.74, 6) is 0.0421. The molecule has 1 amide bonds. The summed E-state index contributed by atoms with van der Waals surface area (Å²) < 4.78 is 32.6. The fraction of sp³-hybridized carbons (Fsp3) is 0.409. The second-order valence-electron chi connectivity index (χ2n) is 7.48. The number of carbonyl (C=O) groups excluding carboxylic acids is 1. The molecule has 0 bridgehead atoms. The number of piperidine rings is 1. The van der Waals surface area contributed by atoms with E-state index in [9.17, 15) is 13.2 Å². The number of halogens is 2. The Morgan fingerprint density at radius 3 is 2.61 bits per heavy atom. The molecule has 6 nitrogen and oxygen atoms in total. The lowest BCUT2D eigenvalue weighted by Gasteiger charge is -2.31. The highest BCUT2D eigenvalue weighted by atomic mass is 35.5. The van der Waals surface area contributed by atoms with Crippen molar-refractivity contribution in [2.75, 3.05) is 19.7 Å². The standard InChI is InChI=1S/C22H26Cl2N2O4S/c1-2-30-20-9-5-16(6-10-20)13-25-22(27)17-4-3-11-26(14-17)31(28,29)15-18-7-8-19(23)12-21(18)24/h5-10,12,17H,2-4,11,13-15H2,1H3,(H,25,27). The van der Waals surface area contributed by atoms with Crippen LogP contribution in [0.4, 0.5) is 0 Å². The Morgan fingerprint density at radius 1 is 1.19 bits per heavy atom. The Balaban J connectivity index is 1.57. The van der Waals surface area contributed by atoms with Crippen LogP contribution in [0, 0.1) is 5.92 Å². The molecule has 9 heteroatoms. The number of hydrogen-bond donors (Lipinski definition) is 1. The number of sulfonamides is 1. The SMILES string of the molecule is CCOc1ccc(CNC(=O)C2CCCN(S(=O)(=O)Cc3ccc(Cl)cc3Cl)C2)cc1. The van der Waals surface area contributed by atoms with Gasteiger partial charge in [0.25, 0.3) is 0 Å². The van der Waals surface area contributed by atoms with Crippen LogP contribution in [0.15, 0.2) is 42.5 Å². The van der Waals surface area contributed by atoms with Crippen molar-refractivity contribution in [1.29, 1.82) is 0 Å². The van der Waals surface area contributed by atoms with Gasteiger partial charge in [-0.1, -0.05) is 41.4 Å². The zero-order valence-electron chi connectivity index (χ0n) is 17.3. The van der Waals surface area contributed by atoms with Gasteiger partial charge >= 0.3 is 0 Å². The zero-order chi connectivity index (χ0) is 22.4. The minimum Gasteiger partial charge on any atom is -0.494 e. The minimum absolute atomic E-state index is 0.140. The van der Waals surface area contributed by atoms with Crippen LogP contribution in [0.3, 0.4) is 0 Å². The second-order valence-corrected chi connectivity index (χ2v) is 10.3. The fourth-order valence-electron chi connectivity index (χ4n) is 3.54. The van der Waals surface area contributed by atoms with Gasteiger partial charge in [0.1, 0.15) is 5.75 Å². The number of amides is 1. The van der Waals surface area contributed by atoms with Crippen LogP contribution in [0.2, 0.25) is 10.0 Å². The quantitative estimate of drug-likeness (QED) is 0.607. The number of hydrogen-bond acceptors (Lipinski definition) is 4. The van der Waals surface area contributed by atoms with Gasteiger partial charge in [0.2, 0.25) is 15.9 Å². The molecule has 1 aliphatic heterocycles. The number of carbonyl (C=O) groups is 1. The first-order valence-corrected chi connectivity index (χ1v) is 12.6. The van der Waals surface area contributed by atoms with Gasteiger partial charge < -0.3 is 10.1 Å². The highest BCUT2D eigenvalue weighted by molar-refractivity contribution is 7.88. The average molecular weight is 485 g/mol. The first-order chi connectivity index (χ1) is 14.8. The van der Waals surface area contributed by atoms with Crippen LogP contribution in [0.5, 0.6) is 5.75 Å². The van der Waals surface area contributed by atoms with E-state index in [1.165, 1.54) is 10.4 Å². The summed E-state index contributed by atoms with van der Waals surface area (Å²) >= 11 is 12.0. The highest BCUT2D eigenvalue weighted by Gasteiger charge is 2.32. The van der Waals surface area contributed by atoms with Gasteiger partial charge in [-0.25, -0.2) is 12.7 Å². The van der Waals surface area contributed by atoms with Crippen molar-refractivity contribution < 1.29 is 17.9 Å². The van der Waals surface area contributed by atoms with Crippen molar-refractivity contribution in [3.63, 3.8) is 0 Å². The largest absolute Gasteiger partial charge is 0.494 e. The van der Waals surface area contributed by atoms with E-state index in [1.807, 2.05) is 31.2 Å². The number of nitrogens with one attached hydrogen (secondary N) is 1.